The largest absolute Gasteiger partial charge is 0.486 e. The standard InChI is InChI=1S/C15H13IN2O2/c16-13-5-12(7-17)6-14(18)15(13)20-9-11-3-1-10(8-19)2-4-11/h1-6,19H,8-9,18H2. The quantitative estimate of drug-likeness (QED) is 0.632. The van der Waals surface area contributed by atoms with Gasteiger partial charge in [-0.25, -0.2) is 0 Å². The van der Waals surface area contributed by atoms with Gasteiger partial charge in [0.1, 0.15) is 6.61 Å². The summed E-state index contributed by atoms with van der Waals surface area (Å²) < 4.78 is 6.53. The fourth-order valence-corrected chi connectivity index (χ4v) is 2.53. The Hall–Kier alpha value is -1.78. The number of aliphatic hydroxyl groups is 1. The normalized spacial score (nSPS) is 10.1. The predicted molar refractivity (Wildman–Crippen MR) is 85.0 cm³/mol. The van der Waals surface area contributed by atoms with Gasteiger partial charge in [-0.1, -0.05) is 24.3 Å². The van der Waals surface area contributed by atoms with Crippen molar-refractivity contribution in [3.8, 4) is 11.8 Å². The van der Waals surface area contributed by atoms with Gasteiger partial charge in [-0.3, -0.25) is 0 Å². The maximum absolute atomic E-state index is 8.98. The number of ether oxygens (including phenoxy) is 1. The number of nitrogens with zero attached hydrogens (tertiary/aromatic N) is 1. The molecule has 102 valence electrons. The van der Waals surface area contributed by atoms with E-state index in [2.05, 4.69) is 28.7 Å². The average molecular weight is 380 g/mol. The highest BCUT2D eigenvalue weighted by Gasteiger charge is 2.08. The lowest BCUT2D eigenvalue weighted by Crippen LogP contribution is -2.01. The van der Waals surface area contributed by atoms with Crippen LogP contribution in [0.4, 0.5) is 5.69 Å². The van der Waals surface area contributed by atoms with E-state index in [4.69, 9.17) is 20.8 Å². The van der Waals surface area contributed by atoms with Gasteiger partial charge in [0, 0.05) is 0 Å². The summed E-state index contributed by atoms with van der Waals surface area (Å²) in [4.78, 5) is 0. The maximum atomic E-state index is 8.98. The fraction of sp³-hybridized carbons (Fsp3) is 0.133. The molecule has 4 nitrogen and oxygen atoms in total. The molecule has 0 saturated carbocycles. The Morgan fingerprint density at radius 3 is 2.40 bits per heavy atom. The molecule has 0 fully saturated rings. The molecule has 2 aromatic rings. The number of rotatable bonds is 4. The molecule has 2 aromatic carbocycles. The highest BCUT2D eigenvalue weighted by Crippen LogP contribution is 2.30. The molecule has 0 aliphatic rings. The van der Waals surface area contributed by atoms with Gasteiger partial charge in [0.05, 0.1) is 27.5 Å². The predicted octanol–water partition coefficient (Wildman–Crippen LogP) is 2.82. The van der Waals surface area contributed by atoms with Gasteiger partial charge in [0.25, 0.3) is 0 Å². The molecule has 0 atom stereocenters. The summed E-state index contributed by atoms with van der Waals surface area (Å²) in [5.41, 5.74) is 8.72. The lowest BCUT2D eigenvalue weighted by molar-refractivity contribution is 0.281. The number of hydrogen-bond acceptors (Lipinski definition) is 4. The third kappa shape index (κ3) is 3.40. The van der Waals surface area contributed by atoms with Crippen LogP contribution < -0.4 is 10.5 Å². The number of aliphatic hydroxyl groups excluding tert-OH is 1. The van der Waals surface area contributed by atoms with Gasteiger partial charge in [-0.2, -0.15) is 5.26 Å². The van der Waals surface area contributed by atoms with Gasteiger partial charge in [0.2, 0.25) is 0 Å². The molecule has 2 rings (SSSR count). The molecule has 0 spiro atoms. The molecule has 5 heteroatoms. The second-order valence-corrected chi connectivity index (χ2v) is 5.41. The van der Waals surface area contributed by atoms with Crippen molar-refractivity contribution < 1.29 is 9.84 Å². The average Bonchev–Trinajstić information content (AvgIpc) is 2.46. The molecule has 0 heterocycles. The second kappa shape index (κ2) is 6.59. The van der Waals surface area contributed by atoms with Crippen molar-refractivity contribution >= 4 is 28.3 Å². The number of hydrogen-bond donors (Lipinski definition) is 2. The van der Waals surface area contributed by atoms with Crippen molar-refractivity contribution in [2.75, 3.05) is 5.73 Å². The minimum absolute atomic E-state index is 0.0294. The maximum Gasteiger partial charge on any atom is 0.156 e. The van der Waals surface area contributed by atoms with Crippen LogP contribution in [0.25, 0.3) is 0 Å². The zero-order valence-electron chi connectivity index (χ0n) is 10.6. The highest BCUT2D eigenvalue weighted by molar-refractivity contribution is 14.1. The minimum Gasteiger partial charge on any atom is -0.486 e. The van der Waals surface area contributed by atoms with E-state index in [0.29, 0.717) is 23.6 Å². The van der Waals surface area contributed by atoms with E-state index in [9.17, 15) is 0 Å². The van der Waals surface area contributed by atoms with Crippen molar-refractivity contribution in [2.24, 2.45) is 0 Å². The zero-order valence-corrected chi connectivity index (χ0v) is 12.8. The van der Waals surface area contributed by atoms with Gasteiger partial charge < -0.3 is 15.6 Å². The fourth-order valence-electron chi connectivity index (χ4n) is 1.73. The molecular formula is C15H13IN2O2. The summed E-state index contributed by atoms with van der Waals surface area (Å²) in [6.07, 6.45) is 0. The van der Waals surface area contributed by atoms with Gasteiger partial charge in [0.15, 0.2) is 5.75 Å². The number of nitrogens with two attached hydrogens (primary N) is 1. The summed E-state index contributed by atoms with van der Waals surface area (Å²) >= 11 is 2.10. The first-order chi connectivity index (χ1) is 9.63. The molecule has 0 aliphatic heterocycles. The minimum atomic E-state index is 0.0294. The molecule has 0 bridgehead atoms. The molecule has 0 saturated heterocycles. The van der Waals surface area contributed by atoms with E-state index in [1.54, 1.807) is 12.1 Å². The molecule has 0 aromatic heterocycles. The number of nitriles is 1. The Morgan fingerprint density at radius 2 is 1.85 bits per heavy atom. The third-order valence-corrected chi connectivity index (χ3v) is 3.59. The Balaban J connectivity index is 2.12. The molecule has 0 aliphatic carbocycles. The van der Waals surface area contributed by atoms with Crippen molar-refractivity contribution in [1.82, 2.24) is 0 Å². The Morgan fingerprint density at radius 1 is 1.20 bits per heavy atom. The van der Waals surface area contributed by atoms with Crippen LogP contribution in [0.1, 0.15) is 16.7 Å². The molecule has 20 heavy (non-hydrogen) atoms. The van der Waals surface area contributed by atoms with Crippen LogP contribution in [0, 0.1) is 14.9 Å². The van der Waals surface area contributed by atoms with Crippen molar-refractivity contribution in [1.29, 1.82) is 5.26 Å². The van der Waals surface area contributed by atoms with Crippen LogP contribution in [0.5, 0.6) is 5.75 Å². The van der Waals surface area contributed by atoms with E-state index in [0.717, 1.165) is 14.7 Å². The number of nitrogen functional groups attached to an aromatic ring is 1. The Kier molecular flexibility index (Phi) is 4.82. The van der Waals surface area contributed by atoms with E-state index in [1.807, 2.05) is 24.3 Å². The summed E-state index contributed by atoms with van der Waals surface area (Å²) in [5, 5.41) is 17.8. The molecule has 0 radical (unpaired) electrons. The topological polar surface area (TPSA) is 79.3 Å². The SMILES string of the molecule is N#Cc1cc(N)c(OCc2ccc(CO)cc2)c(I)c1. The number of anilines is 1. The molecule has 3 N–H and O–H groups in total. The molecular weight excluding hydrogens is 367 g/mol. The first-order valence-electron chi connectivity index (χ1n) is 5.94. The van der Waals surface area contributed by atoms with E-state index < -0.39 is 0 Å². The smallest absolute Gasteiger partial charge is 0.156 e. The van der Waals surface area contributed by atoms with Crippen molar-refractivity contribution in [3.05, 3.63) is 56.7 Å². The van der Waals surface area contributed by atoms with Gasteiger partial charge in [-0.15, -0.1) is 0 Å². The Labute approximate surface area is 130 Å². The van der Waals surface area contributed by atoms with E-state index in [-0.39, 0.29) is 6.61 Å². The summed E-state index contributed by atoms with van der Waals surface area (Å²) in [7, 11) is 0. The number of halogens is 1. The second-order valence-electron chi connectivity index (χ2n) is 4.25. The monoisotopic (exact) mass is 380 g/mol. The van der Waals surface area contributed by atoms with E-state index in [1.165, 1.54) is 0 Å². The first-order valence-corrected chi connectivity index (χ1v) is 7.02. The van der Waals surface area contributed by atoms with Crippen LogP contribution >= 0.6 is 22.6 Å². The van der Waals surface area contributed by atoms with Crippen LogP contribution in [0.15, 0.2) is 36.4 Å². The van der Waals surface area contributed by atoms with Crippen molar-refractivity contribution in [2.45, 2.75) is 13.2 Å². The first kappa shape index (κ1) is 14.6. The van der Waals surface area contributed by atoms with Crippen LogP contribution in [-0.4, -0.2) is 5.11 Å². The lowest BCUT2D eigenvalue weighted by atomic mass is 10.1. The Bertz CT molecular complexity index is 625. The van der Waals surface area contributed by atoms with Gasteiger partial charge >= 0.3 is 0 Å². The lowest BCUT2D eigenvalue weighted by Gasteiger charge is -2.11. The van der Waals surface area contributed by atoms with Crippen molar-refractivity contribution in [3.63, 3.8) is 0 Å². The van der Waals surface area contributed by atoms with Crippen LogP contribution in [0.3, 0.4) is 0 Å². The highest BCUT2D eigenvalue weighted by atomic mass is 127. The third-order valence-electron chi connectivity index (χ3n) is 2.79. The van der Waals surface area contributed by atoms with E-state index >= 15 is 0 Å². The summed E-state index contributed by atoms with van der Waals surface area (Å²) in [5.74, 6) is 0.593. The zero-order chi connectivity index (χ0) is 14.5. The summed E-state index contributed by atoms with van der Waals surface area (Å²) in [6.45, 7) is 0.416. The van der Waals surface area contributed by atoms with Crippen LogP contribution in [-0.2, 0) is 13.2 Å². The summed E-state index contributed by atoms with van der Waals surface area (Å²) in [6, 6.07) is 12.9. The molecule has 0 amide bonds. The molecule has 0 unspecified atom stereocenters. The van der Waals surface area contributed by atoms with Crippen LogP contribution in [0.2, 0.25) is 0 Å². The van der Waals surface area contributed by atoms with Gasteiger partial charge in [-0.05, 0) is 45.9 Å². The number of benzene rings is 2.